The first-order valence-corrected chi connectivity index (χ1v) is 6.57. The second-order valence-corrected chi connectivity index (χ2v) is 6.31. The van der Waals surface area contributed by atoms with Crippen molar-refractivity contribution in [3.63, 3.8) is 0 Å². The number of nitrogens with zero attached hydrogens (tertiary/aromatic N) is 1. The molecule has 0 aromatic carbocycles. The Bertz CT molecular complexity index is 348. The van der Waals surface area contributed by atoms with Crippen molar-refractivity contribution in [2.45, 2.75) is 13.5 Å². The van der Waals surface area contributed by atoms with E-state index in [0.717, 1.165) is 30.8 Å². The van der Waals surface area contributed by atoms with Gasteiger partial charge < -0.3 is 5.73 Å². The van der Waals surface area contributed by atoms with Gasteiger partial charge in [0.15, 0.2) is 0 Å². The lowest BCUT2D eigenvalue weighted by Crippen LogP contribution is -2.25. The highest BCUT2D eigenvalue weighted by Crippen LogP contribution is 2.51. The zero-order chi connectivity index (χ0) is 10.4. The molecule has 2 aliphatic rings. The fraction of sp³-hybridized carbons (Fsp3) is 0.667. The second-order valence-electron chi connectivity index (χ2n) is 4.93. The Kier molecular flexibility index (Phi) is 2.34. The summed E-state index contributed by atoms with van der Waals surface area (Å²) in [6.07, 6.45) is 0. The number of thiophene rings is 1. The minimum Gasteiger partial charge on any atom is -0.330 e. The molecule has 3 rings (SSSR count). The summed E-state index contributed by atoms with van der Waals surface area (Å²) >= 11 is 1.93. The summed E-state index contributed by atoms with van der Waals surface area (Å²) in [4.78, 5) is 5.53. The van der Waals surface area contributed by atoms with Crippen LogP contribution in [0.1, 0.15) is 9.75 Å². The molecule has 15 heavy (non-hydrogen) atoms. The molecule has 1 aromatic rings. The average molecular weight is 222 g/mol. The van der Waals surface area contributed by atoms with E-state index in [2.05, 4.69) is 24.0 Å². The van der Waals surface area contributed by atoms with Crippen LogP contribution in [0.2, 0.25) is 0 Å². The number of fused-ring (bicyclic) bond motifs is 1. The first-order valence-electron chi connectivity index (χ1n) is 5.75. The van der Waals surface area contributed by atoms with Crippen LogP contribution < -0.4 is 5.73 Å². The van der Waals surface area contributed by atoms with Crippen molar-refractivity contribution < 1.29 is 0 Å². The summed E-state index contributed by atoms with van der Waals surface area (Å²) in [7, 11) is 0. The zero-order valence-electron chi connectivity index (χ0n) is 9.15. The van der Waals surface area contributed by atoms with Gasteiger partial charge in [-0.1, -0.05) is 0 Å². The molecule has 3 heteroatoms. The monoisotopic (exact) mass is 222 g/mol. The molecule has 1 unspecified atom stereocenters. The van der Waals surface area contributed by atoms with Gasteiger partial charge in [-0.25, -0.2) is 0 Å². The molecule has 2 fully saturated rings. The largest absolute Gasteiger partial charge is 0.330 e. The van der Waals surface area contributed by atoms with Crippen LogP contribution in [0.15, 0.2) is 12.1 Å². The van der Waals surface area contributed by atoms with Gasteiger partial charge in [-0.3, -0.25) is 4.90 Å². The number of piperidine rings is 1. The molecule has 1 aliphatic carbocycles. The maximum Gasteiger partial charge on any atom is 0.0328 e. The third kappa shape index (κ3) is 1.73. The highest BCUT2D eigenvalue weighted by Gasteiger charge is 2.54. The molecule has 82 valence electrons. The maximum atomic E-state index is 5.71. The molecule has 1 saturated heterocycles. The number of aryl methyl sites for hydroxylation is 1. The Hall–Kier alpha value is -0.380. The van der Waals surface area contributed by atoms with E-state index in [9.17, 15) is 0 Å². The van der Waals surface area contributed by atoms with Gasteiger partial charge >= 0.3 is 0 Å². The Morgan fingerprint density at radius 3 is 2.67 bits per heavy atom. The van der Waals surface area contributed by atoms with Gasteiger partial charge in [-0.2, -0.15) is 0 Å². The van der Waals surface area contributed by atoms with Crippen molar-refractivity contribution in [1.29, 1.82) is 0 Å². The summed E-state index contributed by atoms with van der Waals surface area (Å²) in [6.45, 7) is 6.80. The van der Waals surface area contributed by atoms with Crippen molar-refractivity contribution in [2.24, 2.45) is 23.5 Å². The molecule has 2 heterocycles. The fourth-order valence-corrected chi connectivity index (χ4v) is 3.94. The Morgan fingerprint density at radius 2 is 2.13 bits per heavy atom. The van der Waals surface area contributed by atoms with Crippen LogP contribution in [0.25, 0.3) is 0 Å². The van der Waals surface area contributed by atoms with E-state index in [1.165, 1.54) is 22.8 Å². The predicted molar refractivity (Wildman–Crippen MR) is 63.9 cm³/mol. The van der Waals surface area contributed by atoms with E-state index >= 15 is 0 Å². The molecule has 0 bridgehead atoms. The van der Waals surface area contributed by atoms with Crippen molar-refractivity contribution in [3.05, 3.63) is 21.9 Å². The van der Waals surface area contributed by atoms with E-state index < -0.39 is 0 Å². The second kappa shape index (κ2) is 3.58. The summed E-state index contributed by atoms with van der Waals surface area (Å²) in [5.74, 6) is 2.71. The predicted octanol–water partition coefficient (Wildman–Crippen LogP) is 1.69. The molecule has 2 N–H and O–H groups in total. The van der Waals surface area contributed by atoms with E-state index in [1.54, 1.807) is 0 Å². The van der Waals surface area contributed by atoms with E-state index in [1.807, 2.05) is 11.3 Å². The highest BCUT2D eigenvalue weighted by molar-refractivity contribution is 7.11. The average Bonchev–Trinajstić information content (AvgIpc) is 2.60. The van der Waals surface area contributed by atoms with Gasteiger partial charge in [0.25, 0.3) is 0 Å². The van der Waals surface area contributed by atoms with Gasteiger partial charge in [-0.15, -0.1) is 11.3 Å². The van der Waals surface area contributed by atoms with E-state index in [4.69, 9.17) is 5.73 Å². The van der Waals surface area contributed by atoms with Crippen molar-refractivity contribution >= 4 is 11.3 Å². The van der Waals surface area contributed by atoms with Crippen LogP contribution >= 0.6 is 11.3 Å². The number of nitrogens with two attached hydrogens (primary N) is 1. The number of hydrogen-bond donors (Lipinski definition) is 1. The van der Waals surface area contributed by atoms with Crippen molar-refractivity contribution in [2.75, 3.05) is 19.6 Å². The van der Waals surface area contributed by atoms with Gasteiger partial charge in [0, 0.05) is 29.4 Å². The quantitative estimate of drug-likeness (QED) is 0.843. The first-order chi connectivity index (χ1) is 7.28. The first kappa shape index (κ1) is 9.82. The van der Waals surface area contributed by atoms with E-state index in [0.29, 0.717) is 0 Å². The summed E-state index contributed by atoms with van der Waals surface area (Å²) in [5, 5.41) is 0. The fourth-order valence-electron chi connectivity index (χ4n) is 3.01. The topological polar surface area (TPSA) is 29.3 Å². The molecule has 1 aromatic heterocycles. The van der Waals surface area contributed by atoms with E-state index in [-0.39, 0.29) is 0 Å². The molecule has 3 atom stereocenters. The standard InChI is InChI=1S/C12H18N2S/c1-8-2-3-9(15-8)5-14-6-11-10(4-13)12(11)7-14/h2-3,10-12H,4-7,13H2,1H3/t10?,11-,12+. The zero-order valence-corrected chi connectivity index (χ0v) is 9.96. The van der Waals surface area contributed by atoms with Crippen LogP contribution in [0.4, 0.5) is 0 Å². The Labute approximate surface area is 95.1 Å². The number of likely N-dealkylation sites (tertiary alicyclic amines) is 1. The lowest BCUT2D eigenvalue weighted by Gasteiger charge is -2.17. The Balaban J connectivity index is 1.55. The van der Waals surface area contributed by atoms with Gasteiger partial charge in [0.2, 0.25) is 0 Å². The highest BCUT2D eigenvalue weighted by atomic mass is 32.1. The van der Waals surface area contributed by atoms with Crippen molar-refractivity contribution in [1.82, 2.24) is 4.90 Å². The summed E-state index contributed by atoms with van der Waals surface area (Å²) < 4.78 is 0. The SMILES string of the molecule is Cc1ccc(CN2C[C@@H]3C(CN)[C@@H]3C2)s1. The lowest BCUT2D eigenvalue weighted by atomic mass is 10.2. The van der Waals surface area contributed by atoms with Crippen molar-refractivity contribution in [3.8, 4) is 0 Å². The van der Waals surface area contributed by atoms with Crippen LogP contribution in [-0.4, -0.2) is 24.5 Å². The third-order valence-electron chi connectivity index (χ3n) is 3.89. The van der Waals surface area contributed by atoms with Crippen LogP contribution in [-0.2, 0) is 6.54 Å². The van der Waals surface area contributed by atoms with Crippen LogP contribution in [0, 0.1) is 24.7 Å². The number of rotatable bonds is 3. The minimum atomic E-state index is 0.853. The van der Waals surface area contributed by atoms with Gasteiger partial charge in [0.05, 0.1) is 0 Å². The van der Waals surface area contributed by atoms with Gasteiger partial charge in [-0.05, 0) is 43.4 Å². The summed E-state index contributed by atoms with van der Waals surface area (Å²) in [5.41, 5.74) is 5.71. The molecular weight excluding hydrogens is 204 g/mol. The van der Waals surface area contributed by atoms with Crippen LogP contribution in [0.3, 0.4) is 0 Å². The molecule has 1 aliphatic heterocycles. The third-order valence-corrected chi connectivity index (χ3v) is 4.88. The minimum absolute atomic E-state index is 0.853. The normalized spacial score (nSPS) is 34.4. The summed E-state index contributed by atoms with van der Waals surface area (Å²) in [6, 6.07) is 4.49. The number of hydrogen-bond acceptors (Lipinski definition) is 3. The van der Waals surface area contributed by atoms with Gasteiger partial charge in [0.1, 0.15) is 0 Å². The molecule has 1 saturated carbocycles. The van der Waals surface area contributed by atoms with Crippen LogP contribution in [0.5, 0.6) is 0 Å². The molecule has 0 spiro atoms. The Morgan fingerprint density at radius 1 is 1.40 bits per heavy atom. The lowest BCUT2D eigenvalue weighted by molar-refractivity contribution is 0.281. The maximum absolute atomic E-state index is 5.71. The molecule has 0 radical (unpaired) electrons. The molecule has 2 nitrogen and oxygen atoms in total. The molecule has 0 amide bonds. The molecular formula is C12H18N2S. The smallest absolute Gasteiger partial charge is 0.0328 e.